The first-order valence-electron chi connectivity index (χ1n) is 5.66. The van der Waals surface area contributed by atoms with Gasteiger partial charge in [0.25, 0.3) is 0 Å². The third-order valence-corrected chi connectivity index (χ3v) is 2.70. The molecule has 0 aliphatic heterocycles. The third-order valence-electron chi connectivity index (χ3n) is 2.47. The third kappa shape index (κ3) is 3.29. The maximum Gasteiger partial charge on any atom is 0.241 e. The van der Waals surface area contributed by atoms with Crippen molar-refractivity contribution in [3.8, 4) is 11.4 Å². The SMILES string of the molecule is CN(CCN)Cc1nc(-c2cccc(Cl)c2)no1. The molecule has 1 aromatic heterocycles. The molecule has 2 N–H and O–H groups in total. The molecule has 96 valence electrons. The van der Waals surface area contributed by atoms with Crippen molar-refractivity contribution >= 4 is 11.6 Å². The van der Waals surface area contributed by atoms with Crippen LogP contribution in [-0.4, -0.2) is 35.2 Å². The van der Waals surface area contributed by atoms with Gasteiger partial charge in [0.2, 0.25) is 11.7 Å². The molecule has 0 atom stereocenters. The zero-order valence-corrected chi connectivity index (χ0v) is 10.9. The van der Waals surface area contributed by atoms with E-state index in [2.05, 4.69) is 10.1 Å². The number of aromatic nitrogens is 2. The number of nitrogens with two attached hydrogens (primary N) is 1. The standard InChI is InChI=1S/C12H15ClN4O/c1-17(6-5-14)8-11-15-12(16-18-11)9-3-2-4-10(13)7-9/h2-4,7H,5-6,8,14H2,1H3. The average molecular weight is 267 g/mol. The molecule has 0 spiro atoms. The molecule has 0 unspecified atom stereocenters. The summed E-state index contributed by atoms with van der Waals surface area (Å²) >= 11 is 5.92. The average Bonchev–Trinajstić information content (AvgIpc) is 2.78. The Labute approximate surface area is 111 Å². The minimum Gasteiger partial charge on any atom is -0.338 e. The summed E-state index contributed by atoms with van der Waals surface area (Å²) in [5, 5.41) is 4.59. The molecule has 1 heterocycles. The second-order valence-electron chi connectivity index (χ2n) is 4.05. The molecule has 0 aliphatic carbocycles. The van der Waals surface area contributed by atoms with Crippen molar-refractivity contribution in [1.82, 2.24) is 15.0 Å². The first-order chi connectivity index (χ1) is 8.69. The molecule has 6 heteroatoms. The van der Waals surface area contributed by atoms with Crippen LogP contribution in [0.15, 0.2) is 28.8 Å². The molecule has 0 amide bonds. The van der Waals surface area contributed by atoms with E-state index in [0.29, 0.717) is 29.8 Å². The monoisotopic (exact) mass is 266 g/mol. The number of nitrogens with zero attached hydrogens (tertiary/aromatic N) is 3. The molecule has 2 rings (SSSR count). The molecule has 1 aromatic carbocycles. The van der Waals surface area contributed by atoms with Gasteiger partial charge in [-0.25, -0.2) is 0 Å². The number of benzene rings is 1. The van der Waals surface area contributed by atoms with E-state index >= 15 is 0 Å². The molecular formula is C12H15ClN4O. The first-order valence-corrected chi connectivity index (χ1v) is 6.04. The highest BCUT2D eigenvalue weighted by atomic mass is 35.5. The number of rotatable bonds is 5. The van der Waals surface area contributed by atoms with E-state index in [0.717, 1.165) is 12.1 Å². The predicted molar refractivity (Wildman–Crippen MR) is 70.1 cm³/mol. The van der Waals surface area contributed by atoms with Gasteiger partial charge >= 0.3 is 0 Å². The molecule has 0 saturated heterocycles. The number of likely N-dealkylation sites (N-methyl/N-ethyl adjacent to an activating group) is 1. The second kappa shape index (κ2) is 5.95. The fourth-order valence-electron chi connectivity index (χ4n) is 1.59. The van der Waals surface area contributed by atoms with E-state index in [-0.39, 0.29) is 0 Å². The first kappa shape index (κ1) is 13.0. The van der Waals surface area contributed by atoms with Gasteiger partial charge in [0, 0.05) is 23.7 Å². The maximum absolute atomic E-state index is 5.92. The summed E-state index contributed by atoms with van der Waals surface area (Å²) in [6, 6.07) is 7.36. The van der Waals surface area contributed by atoms with E-state index in [1.54, 1.807) is 12.1 Å². The lowest BCUT2D eigenvalue weighted by Gasteiger charge is -2.11. The molecule has 5 nitrogen and oxygen atoms in total. The lowest BCUT2D eigenvalue weighted by Crippen LogP contribution is -2.25. The Kier molecular flexibility index (Phi) is 4.30. The van der Waals surface area contributed by atoms with Crippen LogP contribution >= 0.6 is 11.6 Å². The molecule has 18 heavy (non-hydrogen) atoms. The number of hydrogen-bond acceptors (Lipinski definition) is 5. The van der Waals surface area contributed by atoms with E-state index in [9.17, 15) is 0 Å². The Morgan fingerprint density at radius 3 is 3.00 bits per heavy atom. The molecule has 0 fully saturated rings. The van der Waals surface area contributed by atoms with Gasteiger partial charge in [-0.3, -0.25) is 4.90 Å². The Hall–Kier alpha value is -1.43. The van der Waals surface area contributed by atoms with Crippen LogP contribution in [0.1, 0.15) is 5.89 Å². The highest BCUT2D eigenvalue weighted by Gasteiger charge is 2.10. The highest BCUT2D eigenvalue weighted by molar-refractivity contribution is 6.30. The summed E-state index contributed by atoms with van der Waals surface area (Å²) in [6.07, 6.45) is 0. The van der Waals surface area contributed by atoms with Crippen molar-refractivity contribution < 1.29 is 4.52 Å². The van der Waals surface area contributed by atoms with Gasteiger partial charge < -0.3 is 10.3 Å². The van der Waals surface area contributed by atoms with Crippen molar-refractivity contribution in [3.63, 3.8) is 0 Å². The lowest BCUT2D eigenvalue weighted by atomic mass is 10.2. The molecule has 0 aliphatic rings. The van der Waals surface area contributed by atoms with Gasteiger partial charge in [0.05, 0.1) is 6.54 Å². The summed E-state index contributed by atoms with van der Waals surface area (Å²) in [5.74, 6) is 1.12. The molecule has 0 bridgehead atoms. The van der Waals surface area contributed by atoms with Gasteiger partial charge in [-0.2, -0.15) is 4.98 Å². The topological polar surface area (TPSA) is 68.2 Å². The van der Waals surface area contributed by atoms with Gasteiger partial charge in [0.15, 0.2) is 0 Å². The van der Waals surface area contributed by atoms with Gasteiger partial charge in [-0.05, 0) is 19.2 Å². The van der Waals surface area contributed by atoms with Gasteiger partial charge in [-0.1, -0.05) is 28.9 Å². The summed E-state index contributed by atoms with van der Waals surface area (Å²) < 4.78 is 5.19. The molecular weight excluding hydrogens is 252 g/mol. The second-order valence-corrected chi connectivity index (χ2v) is 4.48. The molecule has 0 radical (unpaired) electrons. The van der Waals surface area contributed by atoms with E-state index < -0.39 is 0 Å². The summed E-state index contributed by atoms with van der Waals surface area (Å²) in [7, 11) is 1.95. The van der Waals surface area contributed by atoms with Crippen LogP contribution in [0.4, 0.5) is 0 Å². The minimum atomic E-state index is 0.550. The summed E-state index contributed by atoms with van der Waals surface area (Å²) in [4.78, 5) is 6.35. The van der Waals surface area contributed by atoms with Crippen molar-refractivity contribution in [2.24, 2.45) is 5.73 Å². The maximum atomic E-state index is 5.92. The van der Waals surface area contributed by atoms with Crippen LogP contribution in [-0.2, 0) is 6.54 Å². The van der Waals surface area contributed by atoms with Gasteiger partial charge in [0.1, 0.15) is 0 Å². The normalized spacial score (nSPS) is 11.1. The van der Waals surface area contributed by atoms with Gasteiger partial charge in [-0.15, -0.1) is 0 Å². The Morgan fingerprint density at radius 2 is 2.28 bits per heavy atom. The predicted octanol–water partition coefficient (Wildman–Crippen LogP) is 1.78. The Bertz CT molecular complexity index is 514. The van der Waals surface area contributed by atoms with E-state index in [1.807, 2.05) is 24.1 Å². The molecule has 2 aromatic rings. The minimum absolute atomic E-state index is 0.550. The summed E-state index contributed by atoms with van der Waals surface area (Å²) in [6.45, 7) is 1.98. The van der Waals surface area contributed by atoms with Crippen LogP contribution in [0.2, 0.25) is 5.02 Å². The number of hydrogen-bond donors (Lipinski definition) is 1. The zero-order chi connectivity index (χ0) is 13.0. The fourth-order valence-corrected chi connectivity index (χ4v) is 1.78. The van der Waals surface area contributed by atoms with Crippen molar-refractivity contribution in [3.05, 3.63) is 35.2 Å². The fraction of sp³-hybridized carbons (Fsp3) is 0.333. The van der Waals surface area contributed by atoms with Crippen LogP contribution in [0.25, 0.3) is 11.4 Å². The van der Waals surface area contributed by atoms with Crippen LogP contribution < -0.4 is 5.73 Å². The van der Waals surface area contributed by atoms with Crippen molar-refractivity contribution in [2.45, 2.75) is 6.54 Å². The molecule has 0 saturated carbocycles. The zero-order valence-electron chi connectivity index (χ0n) is 10.1. The smallest absolute Gasteiger partial charge is 0.241 e. The van der Waals surface area contributed by atoms with E-state index in [4.69, 9.17) is 21.9 Å². The van der Waals surface area contributed by atoms with Crippen molar-refractivity contribution in [1.29, 1.82) is 0 Å². The lowest BCUT2D eigenvalue weighted by molar-refractivity contribution is 0.272. The summed E-state index contributed by atoms with van der Waals surface area (Å²) in [5.41, 5.74) is 6.32. The van der Waals surface area contributed by atoms with E-state index in [1.165, 1.54) is 0 Å². The quantitative estimate of drug-likeness (QED) is 0.893. The number of halogens is 1. The largest absolute Gasteiger partial charge is 0.338 e. The Balaban J connectivity index is 2.10. The van der Waals surface area contributed by atoms with Crippen molar-refractivity contribution in [2.75, 3.05) is 20.1 Å². The highest BCUT2D eigenvalue weighted by Crippen LogP contribution is 2.20. The van der Waals surface area contributed by atoms with Crippen LogP contribution in [0.5, 0.6) is 0 Å². The van der Waals surface area contributed by atoms with Crippen LogP contribution in [0.3, 0.4) is 0 Å². The Morgan fingerprint density at radius 1 is 1.44 bits per heavy atom. The van der Waals surface area contributed by atoms with Crippen LogP contribution in [0, 0.1) is 0 Å².